The summed E-state index contributed by atoms with van der Waals surface area (Å²) in [6, 6.07) is 7.97. The van der Waals surface area contributed by atoms with Crippen LogP contribution in [-0.4, -0.2) is 35.6 Å². The van der Waals surface area contributed by atoms with Crippen molar-refractivity contribution in [1.82, 2.24) is 4.90 Å². The van der Waals surface area contributed by atoms with Gasteiger partial charge in [0.15, 0.2) is 0 Å². The first-order valence-electron chi connectivity index (χ1n) is 6.77. The van der Waals surface area contributed by atoms with E-state index in [2.05, 4.69) is 17.9 Å². The van der Waals surface area contributed by atoms with Crippen LogP contribution in [0.4, 0.5) is 0 Å². The molecule has 1 aliphatic heterocycles. The van der Waals surface area contributed by atoms with Crippen molar-refractivity contribution in [2.24, 2.45) is 5.92 Å². The fourth-order valence-electron chi connectivity index (χ4n) is 2.67. The zero-order valence-electron chi connectivity index (χ0n) is 11.2. The normalized spacial score (nSPS) is 19.3. The fraction of sp³-hybridized carbons (Fsp3) is 0.533. The first-order valence-corrected chi connectivity index (χ1v) is 7.14. The molecule has 1 atom stereocenters. The second-order valence-corrected chi connectivity index (χ2v) is 5.81. The number of hydrogen-bond acceptors (Lipinski definition) is 2. The lowest BCUT2D eigenvalue weighted by molar-refractivity contribution is -0.143. The van der Waals surface area contributed by atoms with E-state index in [0.717, 1.165) is 37.5 Å². The van der Waals surface area contributed by atoms with Gasteiger partial charge in [-0.05, 0) is 49.5 Å². The van der Waals surface area contributed by atoms with Crippen molar-refractivity contribution in [1.29, 1.82) is 0 Å². The maximum atomic E-state index is 10.9. The van der Waals surface area contributed by atoms with Gasteiger partial charge in [0.05, 0.1) is 5.92 Å². The van der Waals surface area contributed by atoms with Gasteiger partial charge in [0.2, 0.25) is 0 Å². The Bertz CT molecular complexity index is 442. The molecule has 0 aliphatic carbocycles. The van der Waals surface area contributed by atoms with Gasteiger partial charge >= 0.3 is 5.97 Å². The van der Waals surface area contributed by atoms with Gasteiger partial charge in [-0.1, -0.05) is 30.7 Å². The number of piperidine rings is 1. The van der Waals surface area contributed by atoms with Crippen LogP contribution in [0.2, 0.25) is 5.02 Å². The maximum Gasteiger partial charge on any atom is 0.306 e. The van der Waals surface area contributed by atoms with Crippen molar-refractivity contribution in [3.8, 4) is 0 Å². The van der Waals surface area contributed by atoms with Gasteiger partial charge in [-0.25, -0.2) is 0 Å². The minimum atomic E-state index is -0.650. The molecule has 3 nitrogen and oxygen atoms in total. The fourth-order valence-corrected chi connectivity index (χ4v) is 2.87. The molecule has 0 saturated carbocycles. The molecule has 0 radical (unpaired) electrons. The average Bonchev–Trinajstić information content (AvgIpc) is 2.39. The van der Waals surface area contributed by atoms with Gasteiger partial charge in [0.1, 0.15) is 0 Å². The highest BCUT2D eigenvalue weighted by Crippen LogP contribution is 2.23. The quantitative estimate of drug-likeness (QED) is 0.921. The number of carboxylic acid groups (broad SMARTS) is 1. The van der Waals surface area contributed by atoms with Crippen LogP contribution in [0.25, 0.3) is 0 Å². The van der Waals surface area contributed by atoms with Crippen molar-refractivity contribution in [3.05, 3.63) is 34.9 Å². The van der Waals surface area contributed by atoms with Crippen LogP contribution in [0.5, 0.6) is 0 Å². The second-order valence-electron chi connectivity index (χ2n) is 5.37. The molecule has 1 aliphatic rings. The number of likely N-dealkylation sites (tertiary alicyclic amines) is 1. The molecule has 0 bridgehead atoms. The summed E-state index contributed by atoms with van der Waals surface area (Å²) < 4.78 is 0. The van der Waals surface area contributed by atoms with Crippen LogP contribution >= 0.6 is 11.6 Å². The Labute approximate surface area is 119 Å². The molecule has 1 aromatic rings. The van der Waals surface area contributed by atoms with E-state index in [4.69, 9.17) is 16.7 Å². The maximum absolute atomic E-state index is 10.9. The second kappa shape index (κ2) is 6.40. The van der Waals surface area contributed by atoms with Gasteiger partial charge in [0.25, 0.3) is 0 Å². The van der Waals surface area contributed by atoms with Gasteiger partial charge in [-0.15, -0.1) is 0 Å². The number of aliphatic carboxylic acids is 1. The van der Waals surface area contributed by atoms with E-state index in [9.17, 15) is 4.79 Å². The van der Waals surface area contributed by atoms with Gasteiger partial charge in [-0.2, -0.15) is 0 Å². The summed E-state index contributed by atoms with van der Waals surface area (Å²) in [6.07, 6.45) is 1.52. The Morgan fingerprint density at radius 2 is 2.16 bits per heavy atom. The Hall–Kier alpha value is -1.06. The Morgan fingerprint density at radius 1 is 1.47 bits per heavy atom. The number of rotatable bonds is 4. The topological polar surface area (TPSA) is 40.5 Å². The van der Waals surface area contributed by atoms with Crippen molar-refractivity contribution in [3.63, 3.8) is 0 Å². The average molecular weight is 282 g/mol. The zero-order chi connectivity index (χ0) is 13.8. The van der Waals surface area contributed by atoms with Crippen molar-refractivity contribution < 1.29 is 9.90 Å². The van der Waals surface area contributed by atoms with Gasteiger partial charge in [-0.3, -0.25) is 4.79 Å². The molecule has 1 fully saturated rings. The number of hydrogen-bond donors (Lipinski definition) is 1. The summed E-state index contributed by atoms with van der Waals surface area (Å²) in [6.45, 7) is 4.91. The standard InChI is InChI=1S/C15H20ClNO2/c1-11(13-3-2-4-14(16)9-13)10-17-7-5-12(6-8-17)15(18)19/h2-4,9,11-12H,5-8,10H2,1H3,(H,18,19). The largest absolute Gasteiger partial charge is 0.481 e. The highest BCUT2D eigenvalue weighted by atomic mass is 35.5. The summed E-state index contributed by atoms with van der Waals surface area (Å²) in [5.41, 5.74) is 1.24. The van der Waals surface area contributed by atoms with Gasteiger partial charge in [0, 0.05) is 11.6 Å². The first kappa shape index (κ1) is 14.4. The smallest absolute Gasteiger partial charge is 0.306 e. The minimum Gasteiger partial charge on any atom is -0.481 e. The summed E-state index contributed by atoms with van der Waals surface area (Å²) in [7, 11) is 0. The minimum absolute atomic E-state index is 0.155. The lowest BCUT2D eigenvalue weighted by Gasteiger charge is -2.32. The third kappa shape index (κ3) is 3.95. The van der Waals surface area contributed by atoms with E-state index in [1.54, 1.807) is 0 Å². The zero-order valence-corrected chi connectivity index (χ0v) is 11.9. The molecule has 2 rings (SSSR count). The molecule has 0 amide bonds. The van der Waals surface area contributed by atoms with Crippen LogP contribution in [0.15, 0.2) is 24.3 Å². The molecule has 4 heteroatoms. The van der Waals surface area contributed by atoms with Crippen molar-refractivity contribution in [2.45, 2.75) is 25.7 Å². The molecule has 19 heavy (non-hydrogen) atoms. The van der Waals surface area contributed by atoms with Crippen LogP contribution < -0.4 is 0 Å². The lowest BCUT2D eigenvalue weighted by Crippen LogP contribution is -2.38. The molecule has 104 valence electrons. The molecular formula is C15H20ClNO2. The van der Waals surface area contributed by atoms with E-state index >= 15 is 0 Å². The number of benzene rings is 1. The van der Waals surface area contributed by atoms with Gasteiger partial charge < -0.3 is 10.0 Å². The summed E-state index contributed by atoms with van der Waals surface area (Å²) in [5, 5.41) is 9.75. The van der Waals surface area contributed by atoms with Crippen LogP contribution in [0, 0.1) is 5.92 Å². The Kier molecular flexibility index (Phi) is 4.83. The van der Waals surface area contributed by atoms with Crippen molar-refractivity contribution in [2.75, 3.05) is 19.6 Å². The molecule has 1 aromatic carbocycles. The predicted octanol–water partition coefficient (Wildman–Crippen LogP) is 3.24. The molecule has 1 saturated heterocycles. The molecule has 0 aromatic heterocycles. The van der Waals surface area contributed by atoms with E-state index in [-0.39, 0.29) is 5.92 Å². The van der Waals surface area contributed by atoms with Crippen molar-refractivity contribution >= 4 is 17.6 Å². The molecule has 1 heterocycles. The van der Waals surface area contributed by atoms with E-state index in [1.165, 1.54) is 5.56 Å². The third-order valence-electron chi connectivity index (χ3n) is 3.89. The van der Waals surface area contributed by atoms with E-state index in [1.807, 2.05) is 18.2 Å². The van der Waals surface area contributed by atoms with Crippen LogP contribution in [-0.2, 0) is 4.79 Å². The number of carbonyl (C=O) groups is 1. The molecule has 1 N–H and O–H groups in total. The molecule has 0 spiro atoms. The predicted molar refractivity (Wildman–Crippen MR) is 76.7 cm³/mol. The highest BCUT2D eigenvalue weighted by Gasteiger charge is 2.25. The third-order valence-corrected chi connectivity index (χ3v) is 4.12. The monoisotopic (exact) mass is 281 g/mol. The highest BCUT2D eigenvalue weighted by molar-refractivity contribution is 6.30. The molecular weight excluding hydrogens is 262 g/mol. The van der Waals surface area contributed by atoms with E-state index in [0.29, 0.717) is 5.92 Å². The summed E-state index contributed by atoms with van der Waals surface area (Å²) in [4.78, 5) is 13.3. The summed E-state index contributed by atoms with van der Waals surface area (Å²) >= 11 is 6.01. The number of halogens is 1. The lowest BCUT2D eigenvalue weighted by atomic mass is 9.95. The van der Waals surface area contributed by atoms with Crippen LogP contribution in [0.1, 0.15) is 31.2 Å². The SMILES string of the molecule is CC(CN1CCC(C(=O)O)CC1)c1cccc(Cl)c1. The van der Waals surface area contributed by atoms with E-state index < -0.39 is 5.97 Å². The Balaban J connectivity index is 1.87. The van der Waals surface area contributed by atoms with Crippen LogP contribution in [0.3, 0.4) is 0 Å². The molecule has 1 unspecified atom stereocenters. The number of nitrogens with zero attached hydrogens (tertiary/aromatic N) is 1. The summed E-state index contributed by atoms with van der Waals surface area (Å²) in [5.74, 6) is -0.389. The first-order chi connectivity index (χ1) is 9.06. The number of carboxylic acids is 1. The Morgan fingerprint density at radius 3 is 2.74 bits per heavy atom.